The van der Waals surface area contributed by atoms with E-state index in [0.717, 1.165) is 31.7 Å². The van der Waals surface area contributed by atoms with Gasteiger partial charge < -0.3 is 14.5 Å². The third kappa shape index (κ3) is 4.86. The summed E-state index contributed by atoms with van der Waals surface area (Å²) in [4.78, 5) is 21.5. The summed E-state index contributed by atoms with van der Waals surface area (Å²) in [7, 11) is 5.21. The number of carbonyl (C=O) groups is 1. The van der Waals surface area contributed by atoms with Gasteiger partial charge in [-0.05, 0) is 38.1 Å². The van der Waals surface area contributed by atoms with Crippen molar-refractivity contribution in [2.45, 2.75) is 25.7 Å². The van der Waals surface area contributed by atoms with Gasteiger partial charge in [-0.3, -0.25) is 4.79 Å². The fraction of sp³-hybridized carbons (Fsp3) is 0.550. The van der Waals surface area contributed by atoms with Gasteiger partial charge in [-0.15, -0.1) is 5.10 Å². The van der Waals surface area contributed by atoms with Crippen molar-refractivity contribution >= 4 is 5.91 Å². The Morgan fingerprint density at radius 3 is 2.63 bits per heavy atom. The molecule has 2 heterocycles. The normalized spacial score (nSPS) is 15.4. The van der Waals surface area contributed by atoms with Gasteiger partial charge in [0.25, 0.3) is 5.91 Å². The molecule has 1 fully saturated rings. The minimum absolute atomic E-state index is 0.0227. The van der Waals surface area contributed by atoms with Gasteiger partial charge in [0.2, 0.25) is 0 Å². The number of aryl methyl sites for hydroxylation is 1. The molecule has 0 spiro atoms. The zero-order valence-corrected chi connectivity index (χ0v) is 16.5. The lowest BCUT2D eigenvalue weighted by molar-refractivity contribution is 0.0778. The summed E-state index contributed by atoms with van der Waals surface area (Å²) in [5.41, 5.74) is 1.46. The molecule has 0 N–H and O–H groups in total. The van der Waals surface area contributed by atoms with E-state index in [2.05, 4.69) is 15.0 Å². The first-order valence-electron chi connectivity index (χ1n) is 9.62. The Balaban J connectivity index is 1.65. The van der Waals surface area contributed by atoms with Crippen molar-refractivity contribution in [1.82, 2.24) is 24.6 Å². The summed E-state index contributed by atoms with van der Waals surface area (Å²) in [5, 5.41) is 4.35. The average molecular weight is 371 g/mol. The maximum atomic E-state index is 12.8. The highest BCUT2D eigenvalue weighted by Gasteiger charge is 2.16. The van der Waals surface area contributed by atoms with Crippen LogP contribution in [-0.4, -0.2) is 70.8 Å². The van der Waals surface area contributed by atoms with Crippen LogP contribution >= 0.6 is 0 Å². The monoisotopic (exact) mass is 371 g/mol. The van der Waals surface area contributed by atoms with Gasteiger partial charge in [-0.25, -0.2) is 4.68 Å². The molecule has 1 aliphatic rings. The first-order chi connectivity index (χ1) is 13.1. The Bertz CT molecular complexity index is 765. The van der Waals surface area contributed by atoms with Crippen LogP contribution in [0.2, 0.25) is 0 Å². The molecule has 0 unspecified atom stereocenters. The van der Waals surface area contributed by atoms with Crippen molar-refractivity contribution in [2.75, 3.05) is 40.3 Å². The van der Waals surface area contributed by atoms with Crippen LogP contribution < -0.4 is 4.74 Å². The Kier molecular flexibility index (Phi) is 6.45. The number of nitrogens with zero attached hydrogens (tertiary/aromatic N) is 5. The number of aromatic nitrogens is 3. The predicted molar refractivity (Wildman–Crippen MR) is 105 cm³/mol. The minimum Gasteiger partial charge on any atom is -0.467 e. The van der Waals surface area contributed by atoms with E-state index in [-0.39, 0.29) is 5.91 Å². The molecular weight excluding hydrogens is 342 g/mol. The molecule has 0 saturated carbocycles. The second kappa shape index (κ2) is 8.99. The summed E-state index contributed by atoms with van der Waals surface area (Å²) < 4.78 is 6.75. The average Bonchev–Trinajstić information content (AvgIpc) is 2.89. The Hall–Kier alpha value is -2.41. The molecule has 146 valence electrons. The molecule has 1 saturated heterocycles. The first-order valence-corrected chi connectivity index (χ1v) is 9.62. The van der Waals surface area contributed by atoms with Crippen molar-refractivity contribution in [1.29, 1.82) is 0 Å². The SMILES string of the molecule is COc1nc(-c2cccc(C(=O)N(C)CCN3CCCCCC3)c2)nn1C. The van der Waals surface area contributed by atoms with Crippen molar-refractivity contribution in [3.05, 3.63) is 29.8 Å². The quantitative estimate of drug-likeness (QED) is 0.780. The van der Waals surface area contributed by atoms with Gasteiger partial charge in [-0.2, -0.15) is 4.98 Å². The number of likely N-dealkylation sites (tertiary alicyclic amines) is 1. The van der Waals surface area contributed by atoms with Crippen LogP contribution in [-0.2, 0) is 7.05 Å². The number of likely N-dealkylation sites (N-methyl/N-ethyl adjacent to an activating group) is 1. The summed E-state index contributed by atoms with van der Waals surface area (Å²) >= 11 is 0. The first kappa shape index (κ1) is 19.4. The summed E-state index contributed by atoms with van der Waals surface area (Å²) in [6.07, 6.45) is 5.18. The number of hydrogen-bond donors (Lipinski definition) is 0. The van der Waals surface area contributed by atoms with E-state index in [4.69, 9.17) is 4.74 Å². The standard InChI is InChI=1S/C20H29N5O2/c1-23(13-14-25-11-6-4-5-7-12-25)19(26)17-10-8-9-16(15-17)18-21-20(27-3)24(2)22-18/h8-10,15H,4-7,11-14H2,1-3H3. The lowest BCUT2D eigenvalue weighted by atomic mass is 10.1. The van der Waals surface area contributed by atoms with E-state index in [0.29, 0.717) is 17.4 Å². The molecular formula is C20H29N5O2. The van der Waals surface area contributed by atoms with Crippen LogP contribution in [0.4, 0.5) is 0 Å². The maximum absolute atomic E-state index is 12.8. The van der Waals surface area contributed by atoms with Crippen molar-refractivity contribution in [3.8, 4) is 17.4 Å². The van der Waals surface area contributed by atoms with Crippen LogP contribution in [0.1, 0.15) is 36.0 Å². The van der Waals surface area contributed by atoms with Gasteiger partial charge in [0.05, 0.1) is 7.11 Å². The smallest absolute Gasteiger partial charge is 0.314 e. The zero-order valence-electron chi connectivity index (χ0n) is 16.5. The lowest BCUT2D eigenvalue weighted by Gasteiger charge is -2.24. The molecule has 1 aromatic heterocycles. The second-order valence-corrected chi connectivity index (χ2v) is 7.11. The van der Waals surface area contributed by atoms with Crippen LogP contribution in [0.25, 0.3) is 11.4 Å². The number of amides is 1. The maximum Gasteiger partial charge on any atom is 0.314 e. The topological polar surface area (TPSA) is 63.5 Å². The highest BCUT2D eigenvalue weighted by molar-refractivity contribution is 5.95. The van der Waals surface area contributed by atoms with Gasteiger partial charge in [0.15, 0.2) is 5.82 Å². The Labute approximate surface area is 160 Å². The molecule has 0 radical (unpaired) electrons. The van der Waals surface area contributed by atoms with E-state index in [1.54, 1.807) is 23.7 Å². The highest BCUT2D eigenvalue weighted by Crippen LogP contribution is 2.20. The van der Waals surface area contributed by atoms with Gasteiger partial charge in [-0.1, -0.05) is 25.0 Å². The van der Waals surface area contributed by atoms with Crippen LogP contribution in [0.15, 0.2) is 24.3 Å². The van der Waals surface area contributed by atoms with E-state index in [9.17, 15) is 4.79 Å². The number of hydrogen-bond acceptors (Lipinski definition) is 5. The van der Waals surface area contributed by atoms with E-state index >= 15 is 0 Å². The van der Waals surface area contributed by atoms with Gasteiger partial charge in [0, 0.05) is 38.3 Å². The van der Waals surface area contributed by atoms with Crippen LogP contribution in [0, 0.1) is 0 Å². The van der Waals surface area contributed by atoms with E-state index in [1.807, 2.05) is 31.3 Å². The molecule has 1 aromatic carbocycles. The van der Waals surface area contributed by atoms with Crippen LogP contribution in [0.5, 0.6) is 6.01 Å². The molecule has 0 bridgehead atoms. The molecule has 7 nitrogen and oxygen atoms in total. The van der Waals surface area contributed by atoms with Gasteiger partial charge in [0.1, 0.15) is 0 Å². The largest absolute Gasteiger partial charge is 0.467 e. The molecule has 0 atom stereocenters. The minimum atomic E-state index is 0.0227. The van der Waals surface area contributed by atoms with Crippen molar-refractivity contribution < 1.29 is 9.53 Å². The lowest BCUT2D eigenvalue weighted by Crippen LogP contribution is -2.36. The Morgan fingerprint density at radius 2 is 1.96 bits per heavy atom. The summed E-state index contributed by atoms with van der Waals surface area (Å²) in [6.45, 7) is 3.95. The number of methoxy groups -OCH3 is 1. The number of carbonyl (C=O) groups excluding carboxylic acids is 1. The fourth-order valence-corrected chi connectivity index (χ4v) is 3.43. The zero-order chi connectivity index (χ0) is 19.2. The van der Waals surface area contributed by atoms with E-state index < -0.39 is 0 Å². The summed E-state index contributed by atoms with van der Waals surface area (Å²) in [5.74, 6) is 0.575. The third-order valence-electron chi connectivity index (χ3n) is 5.07. The number of rotatable bonds is 6. The third-order valence-corrected chi connectivity index (χ3v) is 5.07. The molecule has 27 heavy (non-hydrogen) atoms. The van der Waals surface area contributed by atoms with E-state index in [1.165, 1.54) is 25.7 Å². The molecule has 0 aliphatic carbocycles. The molecule has 1 aliphatic heterocycles. The second-order valence-electron chi connectivity index (χ2n) is 7.11. The van der Waals surface area contributed by atoms with Crippen molar-refractivity contribution in [2.24, 2.45) is 7.05 Å². The number of ether oxygens (including phenoxy) is 1. The Morgan fingerprint density at radius 1 is 1.22 bits per heavy atom. The molecule has 1 amide bonds. The highest BCUT2D eigenvalue weighted by atomic mass is 16.5. The number of benzene rings is 1. The summed E-state index contributed by atoms with van der Waals surface area (Å²) in [6, 6.07) is 7.90. The van der Waals surface area contributed by atoms with Gasteiger partial charge >= 0.3 is 6.01 Å². The van der Waals surface area contributed by atoms with Crippen molar-refractivity contribution in [3.63, 3.8) is 0 Å². The molecule has 2 aromatic rings. The predicted octanol–water partition coefficient (Wildman–Crippen LogP) is 2.44. The van der Waals surface area contributed by atoms with Crippen LogP contribution in [0.3, 0.4) is 0 Å². The fourth-order valence-electron chi connectivity index (χ4n) is 3.43. The molecule has 3 rings (SSSR count). The molecule has 7 heteroatoms.